The molecule has 0 radical (unpaired) electrons. The van der Waals surface area contributed by atoms with Crippen LogP contribution in [-0.4, -0.2) is 11.6 Å². The molecule has 3 nitrogen and oxygen atoms in total. The first-order chi connectivity index (χ1) is 15.1. The lowest BCUT2D eigenvalue weighted by Gasteiger charge is -2.25. The number of Topliss-reactive ketones (excluding diaryl/α,β-unsaturated/α-hetero) is 2. The maximum atomic E-state index is 12.2. The number of carbonyl (C=O) groups excluding carboxylic acids is 2. The van der Waals surface area contributed by atoms with Crippen LogP contribution in [-0.2, 0) is 0 Å². The molecule has 0 aliphatic carbocycles. The van der Waals surface area contributed by atoms with E-state index in [2.05, 4.69) is 29.2 Å². The lowest BCUT2D eigenvalue weighted by molar-refractivity contribution is 0.101. The van der Waals surface area contributed by atoms with E-state index < -0.39 is 0 Å². The van der Waals surface area contributed by atoms with E-state index in [0.717, 1.165) is 22.6 Å². The number of nitrogens with zero attached hydrogens (tertiary/aromatic N) is 1. The Labute approximate surface area is 182 Å². The zero-order chi connectivity index (χ0) is 21.8. The second-order valence-electron chi connectivity index (χ2n) is 7.39. The summed E-state index contributed by atoms with van der Waals surface area (Å²) in [5.74, 6) is -0.116. The molecule has 152 valence electrons. The maximum absolute atomic E-state index is 12.2. The summed E-state index contributed by atoms with van der Waals surface area (Å²) >= 11 is 0. The highest BCUT2D eigenvalue weighted by Gasteiger charge is 2.17. The summed E-state index contributed by atoms with van der Waals surface area (Å²) in [5.41, 5.74) is 5.75. The lowest BCUT2D eigenvalue weighted by Crippen LogP contribution is -2.09. The number of carbonyl (C=O) groups is 2. The molecule has 0 atom stereocenters. The van der Waals surface area contributed by atoms with Crippen LogP contribution < -0.4 is 4.90 Å². The van der Waals surface area contributed by atoms with Crippen LogP contribution in [0.5, 0.6) is 0 Å². The van der Waals surface area contributed by atoms with Crippen LogP contribution in [0.25, 0.3) is 11.1 Å². The summed E-state index contributed by atoms with van der Waals surface area (Å²) in [6.07, 6.45) is 0. The van der Waals surface area contributed by atoms with E-state index in [0.29, 0.717) is 16.7 Å². The van der Waals surface area contributed by atoms with E-state index in [-0.39, 0.29) is 11.6 Å². The van der Waals surface area contributed by atoms with Crippen molar-refractivity contribution >= 4 is 28.6 Å². The fraction of sp³-hybridized carbons (Fsp3) is 0.0714. The highest BCUT2D eigenvalue weighted by Crippen LogP contribution is 2.36. The Kier molecular flexibility index (Phi) is 5.76. The Hall–Kier alpha value is -3.98. The van der Waals surface area contributed by atoms with Crippen molar-refractivity contribution in [1.29, 1.82) is 0 Å². The largest absolute Gasteiger partial charge is 0.311 e. The summed E-state index contributed by atoms with van der Waals surface area (Å²) in [6.45, 7) is 3.06. The average molecular weight is 405 g/mol. The molecule has 4 rings (SSSR count). The number of benzene rings is 4. The third kappa shape index (κ3) is 4.17. The van der Waals surface area contributed by atoms with Crippen molar-refractivity contribution in [3.05, 3.63) is 114 Å². The van der Waals surface area contributed by atoms with Crippen LogP contribution in [0.2, 0.25) is 0 Å². The molecule has 0 bridgehead atoms. The van der Waals surface area contributed by atoms with Gasteiger partial charge in [0.25, 0.3) is 0 Å². The molecule has 0 saturated carbocycles. The normalized spacial score (nSPS) is 10.5. The van der Waals surface area contributed by atoms with Crippen molar-refractivity contribution in [2.24, 2.45) is 0 Å². The van der Waals surface area contributed by atoms with E-state index >= 15 is 0 Å². The third-order valence-electron chi connectivity index (χ3n) is 5.27. The van der Waals surface area contributed by atoms with Crippen molar-refractivity contribution in [3.63, 3.8) is 0 Å². The van der Waals surface area contributed by atoms with E-state index in [1.807, 2.05) is 60.7 Å². The van der Waals surface area contributed by atoms with Gasteiger partial charge in [0.05, 0.1) is 0 Å². The van der Waals surface area contributed by atoms with Crippen molar-refractivity contribution in [2.75, 3.05) is 4.90 Å². The molecular formula is C28H23NO2. The van der Waals surface area contributed by atoms with Crippen LogP contribution >= 0.6 is 0 Å². The van der Waals surface area contributed by atoms with E-state index in [1.54, 1.807) is 18.2 Å². The number of rotatable bonds is 6. The Morgan fingerprint density at radius 3 is 1.35 bits per heavy atom. The second kappa shape index (κ2) is 8.80. The lowest BCUT2D eigenvalue weighted by atomic mass is 9.91. The fourth-order valence-electron chi connectivity index (χ4n) is 3.83. The van der Waals surface area contributed by atoms with Crippen LogP contribution in [0.3, 0.4) is 0 Å². The molecule has 0 aromatic heterocycles. The molecule has 31 heavy (non-hydrogen) atoms. The summed E-state index contributed by atoms with van der Waals surface area (Å²) < 4.78 is 0. The predicted molar refractivity (Wildman–Crippen MR) is 127 cm³/mol. The monoisotopic (exact) mass is 405 g/mol. The van der Waals surface area contributed by atoms with Crippen LogP contribution in [0, 0.1) is 0 Å². The molecule has 4 aromatic rings. The number of anilines is 3. The smallest absolute Gasteiger partial charge is 0.160 e. The highest BCUT2D eigenvalue weighted by molar-refractivity contribution is 6.09. The fourth-order valence-corrected chi connectivity index (χ4v) is 3.83. The molecule has 3 heteroatoms. The van der Waals surface area contributed by atoms with Gasteiger partial charge in [-0.15, -0.1) is 0 Å². The number of ketones is 2. The standard InChI is InChI=1S/C28H23NO2/c1-20(30)26-14-9-15-27(21(2)31)28(26)22-16-18-25(19-17-22)29(23-10-5-3-6-11-23)24-12-7-4-8-13-24/h3-19H,1-2H3. The van der Waals surface area contributed by atoms with Crippen molar-refractivity contribution < 1.29 is 9.59 Å². The van der Waals surface area contributed by atoms with Gasteiger partial charge < -0.3 is 4.90 Å². The molecule has 4 aromatic carbocycles. The molecule has 0 N–H and O–H groups in total. The Morgan fingerprint density at radius 2 is 0.935 bits per heavy atom. The molecule has 0 amide bonds. The molecule has 0 spiro atoms. The maximum Gasteiger partial charge on any atom is 0.160 e. The Balaban J connectivity index is 1.83. The molecule has 0 unspecified atom stereocenters. The quantitative estimate of drug-likeness (QED) is 0.318. The van der Waals surface area contributed by atoms with Crippen LogP contribution in [0.15, 0.2) is 103 Å². The molecular weight excluding hydrogens is 382 g/mol. The Bertz CT molecular complexity index is 1140. The van der Waals surface area contributed by atoms with E-state index in [4.69, 9.17) is 0 Å². The van der Waals surface area contributed by atoms with E-state index in [1.165, 1.54) is 13.8 Å². The van der Waals surface area contributed by atoms with Gasteiger partial charge in [-0.2, -0.15) is 0 Å². The molecule has 0 saturated heterocycles. The van der Waals surface area contributed by atoms with Crippen LogP contribution in [0.4, 0.5) is 17.1 Å². The molecule has 0 fully saturated rings. The second-order valence-corrected chi connectivity index (χ2v) is 7.39. The number of para-hydroxylation sites is 2. The minimum absolute atomic E-state index is 0.0580. The van der Waals surface area contributed by atoms with Crippen molar-refractivity contribution in [1.82, 2.24) is 0 Å². The van der Waals surface area contributed by atoms with Gasteiger partial charge in [0, 0.05) is 33.8 Å². The van der Waals surface area contributed by atoms with E-state index in [9.17, 15) is 9.59 Å². The van der Waals surface area contributed by atoms with Crippen LogP contribution in [0.1, 0.15) is 34.6 Å². The summed E-state index contributed by atoms with van der Waals surface area (Å²) in [7, 11) is 0. The first kappa shape index (κ1) is 20.3. The predicted octanol–water partition coefficient (Wildman–Crippen LogP) is 7.23. The van der Waals surface area contributed by atoms with Gasteiger partial charge >= 0.3 is 0 Å². The SMILES string of the molecule is CC(=O)c1cccc(C(C)=O)c1-c1ccc(N(c2ccccc2)c2ccccc2)cc1. The van der Waals surface area contributed by atoms with Crippen molar-refractivity contribution in [2.45, 2.75) is 13.8 Å². The van der Waals surface area contributed by atoms with Gasteiger partial charge in [0.15, 0.2) is 11.6 Å². The summed E-state index contributed by atoms with van der Waals surface area (Å²) in [5, 5.41) is 0. The minimum atomic E-state index is -0.0580. The third-order valence-corrected chi connectivity index (χ3v) is 5.27. The van der Waals surface area contributed by atoms with Gasteiger partial charge in [0.1, 0.15) is 0 Å². The van der Waals surface area contributed by atoms with Gasteiger partial charge in [0.2, 0.25) is 0 Å². The Morgan fingerprint density at radius 1 is 0.516 bits per heavy atom. The van der Waals surface area contributed by atoms with Gasteiger partial charge in [-0.1, -0.05) is 66.7 Å². The number of hydrogen-bond donors (Lipinski definition) is 0. The summed E-state index contributed by atoms with van der Waals surface area (Å²) in [4.78, 5) is 26.7. The van der Waals surface area contributed by atoms with Gasteiger partial charge in [-0.3, -0.25) is 9.59 Å². The molecule has 0 aliphatic heterocycles. The highest BCUT2D eigenvalue weighted by atomic mass is 16.1. The molecule has 0 aliphatic rings. The topological polar surface area (TPSA) is 37.4 Å². The minimum Gasteiger partial charge on any atom is -0.311 e. The zero-order valence-electron chi connectivity index (χ0n) is 17.6. The van der Waals surface area contributed by atoms with Gasteiger partial charge in [-0.05, 0) is 55.8 Å². The molecule has 0 heterocycles. The zero-order valence-corrected chi connectivity index (χ0v) is 17.6. The van der Waals surface area contributed by atoms with Gasteiger partial charge in [-0.25, -0.2) is 0 Å². The first-order valence-electron chi connectivity index (χ1n) is 10.2. The average Bonchev–Trinajstić information content (AvgIpc) is 2.80. The summed E-state index contributed by atoms with van der Waals surface area (Å²) in [6, 6.07) is 33.6. The van der Waals surface area contributed by atoms with Crippen molar-refractivity contribution in [3.8, 4) is 11.1 Å². The first-order valence-corrected chi connectivity index (χ1v) is 10.2. The number of hydrogen-bond acceptors (Lipinski definition) is 3.